The van der Waals surface area contributed by atoms with Crippen LogP contribution in [0, 0.1) is 0 Å². The maximum absolute atomic E-state index is 12.2. The number of hydrogen-bond acceptors (Lipinski definition) is 3. The zero-order chi connectivity index (χ0) is 13.4. The summed E-state index contributed by atoms with van der Waals surface area (Å²) in [5, 5.41) is 3.52. The molecule has 5 heteroatoms. The molecular weight excluding hydrogens is 252 g/mol. The highest BCUT2D eigenvalue weighted by Gasteiger charge is 2.34. The Morgan fingerprint density at radius 1 is 1.37 bits per heavy atom. The van der Waals surface area contributed by atoms with E-state index in [1.165, 1.54) is 0 Å². The molecule has 0 aliphatic carbocycles. The average Bonchev–Trinajstić information content (AvgIpc) is 2.37. The molecule has 1 fully saturated rings. The fourth-order valence-electron chi connectivity index (χ4n) is 2.93. The monoisotopic (exact) mass is 269 g/mol. The molecule has 1 aromatic carbocycles. The standard InChI is InChI=1S/C14H17F2NO2/c1-8-2-5-12-13(17-8)11-4-3-10(19-14(15)16)6-9(11)7-18-12/h3-4,6,8,12-14,17H,2,5,7H2,1H3/t8-,12+,13+/m1/s1. The molecule has 0 bridgehead atoms. The maximum Gasteiger partial charge on any atom is 0.387 e. The minimum atomic E-state index is -2.79. The average molecular weight is 269 g/mol. The van der Waals surface area contributed by atoms with Crippen molar-refractivity contribution in [3.05, 3.63) is 29.3 Å². The van der Waals surface area contributed by atoms with Gasteiger partial charge in [-0.05, 0) is 43.0 Å². The molecule has 3 nitrogen and oxygen atoms in total. The molecule has 0 aromatic heterocycles. The highest BCUT2D eigenvalue weighted by atomic mass is 19.3. The predicted molar refractivity (Wildman–Crippen MR) is 66.2 cm³/mol. The molecule has 1 N–H and O–H groups in total. The van der Waals surface area contributed by atoms with Crippen molar-refractivity contribution in [1.29, 1.82) is 0 Å². The minimum absolute atomic E-state index is 0.160. The first kappa shape index (κ1) is 12.8. The number of alkyl halides is 2. The van der Waals surface area contributed by atoms with Gasteiger partial charge in [0.25, 0.3) is 0 Å². The van der Waals surface area contributed by atoms with Gasteiger partial charge in [0.15, 0.2) is 0 Å². The Labute approximate surface area is 110 Å². The van der Waals surface area contributed by atoms with Gasteiger partial charge >= 0.3 is 6.61 Å². The first-order chi connectivity index (χ1) is 9.13. The van der Waals surface area contributed by atoms with Crippen LogP contribution in [0.15, 0.2) is 18.2 Å². The highest BCUT2D eigenvalue weighted by Crippen LogP contribution is 2.36. The van der Waals surface area contributed by atoms with Gasteiger partial charge in [0.2, 0.25) is 0 Å². The molecule has 0 unspecified atom stereocenters. The van der Waals surface area contributed by atoms with Crippen LogP contribution in [0.1, 0.15) is 36.9 Å². The van der Waals surface area contributed by atoms with E-state index in [1.54, 1.807) is 12.1 Å². The van der Waals surface area contributed by atoms with Gasteiger partial charge in [0.1, 0.15) is 5.75 Å². The van der Waals surface area contributed by atoms with Crippen molar-refractivity contribution in [2.24, 2.45) is 0 Å². The van der Waals surface area contributed by atoms with Crippen molar-refractivity contribution < 1.29 is 18.3 Å². The number of fused-ring (bicyclic) bond motifs is 3. The summed E-state index contributed by atoms with van der Waals surface area (Å²) in [5.41, 5.74) is 2.07. The van der Waals surface area contributed by atoms with E-state index in [0.717, 1.165) is 24.0 Å². The number of nitrogens with one attached hydrogen (secondary N) is 1. The van der Waals surface area contributed by atoms with Crippen molar-refractivity contribution in [2.45, 2.75) is 51.2 Å². The van der Waals surface area contributed by atoms with E-state index in [4.69, 9.17) is 4.74 Å². The van der Waals surface area contributed by atoms with Crippen molar-refractivity contribution >= 4 is 0 Å². The van der Waals surface area contributed by atoms with Crippen LogP contribution in [0.3, 0.4) is 0 Å². The Kier molecular flexibility index (Phi) is 3.41. The lowest BCUT2D eigenvalue weighted by Gasteiger charge is -2.40. The van der Waals surface area contributed by atoms with E-state index in [1.807, 2.05) is 6.07 Å². The molecule has 0 amide bonds. The van der Waals surface area contributed by atoms with Gasteiger partial charge in [0, 0.05) is 6.04 Å². The molecule has 0 saturated carbocycles. The van der Waals surface area contributed by atoms with Crippen molar-refractivity contribution in [2.75, 3.05) is 0 Å². The number of ether oxygens (including phenoxy) is 2. The number of piperidine rings is 1. The summed E-state index contributed by atoms with van der Waals surface area (Å²) in [5.74, 6) is 0.194. The third-order valence-electron chi connectivity index (χ3n) is 3.85. The van der Waals surface area contributed by atoms with Crippen LogP contribution < -0.4 is 10.1 Å². The van der Waals surface area contributed by atoms with Crippen molar-refractivity contribution in [1.82, 2.24) is 5.32 Å². The summed E-state index contributed by atoms with van der Waals surface area (Å²) in [6, 6.07) is 5.74. The Hall–Kier alpha value is -1.20. The highest BCUT2D eigenvalue weighted by molar-refractivity contribution is 5.39. The van der Waals surface area contributed by atoms with Gasteiger partial charge in [-0.3, -0.25) is 0 Å². The largest absolute Gasteiger partial charge is 0.435 e. The summed E-state index contributed by atoms with van der Waals surface area (Å²) < 4.78 is 34.7. The Bertz CT molecular complexity index is 467. The molecule has 2 heterocycles. The minimum Gasteiger partial charge on any atom is -0.435 e. The number of rotatable bonds is 2. The lowest BCUT2D eigenvalue weighted by Crippen LogP contribution is -2.46. The predicted octanol–water partition coefficient (Wildman–Crippen LogP) is 3.00. The third kappa shape index (κ3) is 2.58. The van der Waals surface area contributed by atoms with E-state index < -0.39 is 6.61 Å². The van der Waals surface area contributed by atoms with Gasteiger partial charge in [0.05, 0.1) is 18.8 Å². The third-order valence-corrected chi connectivity index (χ3v) is 3.85. The first-order valence-corrected chi connectivity index (χ1v) is 6.59. The smallest absolute Gasteiger partial charge is 0.387 e. The molecule has 3 rings (SSSR count). The lowest BCUT2D eigenvalue weighted by atomic mass is 9.87. The van der Waals surface area contributed by atoms with Crippen LogP contribution >= 0.6 is 0 Å². The Balaban J connectivity index is 1.86. The molecular formula is C14H17F2NO2. The Morgan fingerprint density at radius 2 is 2.21 bits per heavy atom. The summed E-state index contributed by atoms with van der Waals surface area (Å²) in [6.07, 6.45) is 2.32. The molecule has 1 saturated heterocycles. The quantitative estimate of drug-likeness (QED) is 0.895. The van der Waals surface area contributed by atoms with Crippen LogP contribution in [0.25, 0.3) is 0 Å². The van der Waals surface area contributed by atoms with Crippen molar-refractivity contribution in [3.8, 4) is 5.75 Å². The molecule has 104 valence electrons. The fraction of sp³-hybridized carbons (Fsp3) is 0.571. The second kappa shape index (κ2) is 5.06. The Morgan fingerprint density at radius 3 is 3.00 bits per heavy atom. The number of hydrogen-bond donors (Lipinski definition) is 1. The van der Waals surface area contributed by atoms with E-state index in [0.29, 0.717) is 12.6 Å². The normalized spacial score (nSPS) is 29.8. The van der Waals surface area contributed by atoms with Crippen LogP contribution in [-0.2, 0) is 11.3 Å². The summed E-state index contributed by atoms with van der Waals surface area (Å²) in [7, 11) is 0. The van der Waals surface area contributed by atoms with Crippen molar-refractivity contribution in [3.63, 3.8) is 0 Å². The van der Waals surface area contributed by atoms with Gasteiger partial charge in [-0.25, -0.2) is 0 Å². The zero-order valence-corrected chi connectivity index (χ0v) is 10.7. The van der Waals surface area contributed by atoms with E-state index in [2.05, 4.69) is 17.0 Å². The second-order valence-electron chi connectivity index (χ2n) is 5.21. The molecule has 2 aliphatic heterocycles. The van der Waals surface area contributed by atoms with Gasteiger partial charge in [-0.1, -0.05) is 6.07 Å². The van der Waals surface area contributed by atoms with E-state index >= 15 is 0 Å². The lowest BCUT2D eigenvalue weighted by molar-refractivity contribution is -0.0507. The first-order valence-electron chi connectivity index (χ1n) is 6.59. The van der Waals surface area contributed by atoms with Crippen LogP contribution in [0.4, 0.5) is 8.78 Å². The SMILES string of the molecule is C[C@@H]1CC[C@@H]2OCc3cc(OC(F)F)ccc3[C@@H]2N1. The molecule has 0 radical (unpaired) electrons. The summed E-state index contributed by atoms with van der Waals surface area (Å²) in [4.78, 5) is 0. The van der Waals surface area contributed by atoms with E-state index in [-0.39, 0.29) is 17.9 Å². The number of benzene rings is 1. The van der Waals surface area contributed by atoms with Gasteiger partial charge in [-0.15, -0.1) is 0 Å². The van der Waals surface area contributed by atoms with Crippen LogP contribution in [-0.4, -0.2) is 18.8 Å². The molecule has 1 aromatic rings. The maximum atomic E-state index is 12.2. The summed E-state index contributed by atoms with van der Waals surface area (Å²) in [6.45, 7) is -0.172. The van der Waals surface area contributed by atoms with Crippen LogP contribution in [0.2, 0.25) is 0 Å². The zero-order valence-electron chi connectivity index (χ0n) is 10.7. The molecule has 0 spiro atoms. The second-order valence-corrected chi connectivity index (χ2v) is 5.21. The molecule has 3 atom stereocenters. The molecule has 2 aliphatic rings. The number of halogens is 2. The van der Waals surface area contributed by atoms with Gasteiger partial charge < -0.3 is 14.8 Å². The fourth-order valence-corrected chi connectivity index (χ4v) is 2.93. The van der Waals surface area contributed by atoms with Gasteiger partial charge in [-0.2, -0.15) is 8.78 Å². The van der Waals surface area contributed by atoms with Crippen LogP contribution in [0.5, 0.6) is 5.75 Å². The molecule has 19 heavy (non-hydrogen) atoms. The summed E-state index contributed by atoms with van der Waals surface area (Å²) >= 11 is 0. The van der Waals surface area contributed by atoms with E-state index in [9.17, 15) is 8.78 Å². The topological polar surface area (TPSA) is 30.5 Å².